The largest absolute Gasteiger partial charge is 0.351 e. The second kappa shape index (κ2) is 6.72. The lowest BCUT2D eigenvalue weighted by Crippen LogP contribution is -2.30. The van der Waals surface area contributed by atoms with Gasteiger partial charge in [0.2, 0.25) is 5.91 Å². The van der Waals surface area contributed by atoms with Crippen LogP contribution >= 0.6 is 11.3 Å². The van der Waals surface area contributed by atoms with E-state index < -0.39 is 5.92 Å². The number of hydrogen-bond acceptors (Lipinski definition) is 3. The summed E-state index contributed by atoms with van der Waals surface area (Å²) < 4.78 is 0. The van der Waals surface area contributed by atoms with Gasteiger partial charge in [0.25, 0.3) is 0 Å². The van der Waals surface area contributed by atoms with Gasteiger partial charge in [-0.1, -0.05) is 36.4 Å². The number of rotatable bonds is 5. The Morgan fingerprint density at radius 2 is 2.05 bits per heavy atom. The average molecular weight is 270 g/mol. The lowest BCUT2D eigenvalue weighted by molar-refractivity contribution is -0.123. The number of nitriles is 1. The molecule has 1 aromatic heterocycles. The van der Waals surface area contributed by atoms with Crippen molar-refractivity contribution in [3.63, 3.8) is 0 Å². The fraction of sp³-hybridized carbons (Fsp3) is 0.200. The van der Waals surface area contributed by atoms with Crippen LogP contribution in [0.2, 0.25) is 0 Å². The molecule has 0 radical (unpaired) electrons. The van der Waals surface area contributed by atoms with E-state index in [-0.39, 0.29) is 5.91 Å². The summed E-state index contributed by atoms with van der Waals surface area (Å²) in [5.41, 5.74) is 1.03. The van der Waals surface area contributed by atoms with Crippen molar-refractivity contribution in [2.75, 3.05) is 0 Å². The molecule has 0 spiro atoms. The lowest BCUT2D eigenvalue weighted by atomic mass is 10.1. The highest BCUT2D eigenvalue weighted by atomic mass is 32.1. The minimum atomic E-state index is -0.623. The average Bonchev–Trinajstić information content (AvgIpc) is 2.96. The summed E-state index contributed by atoms with van der Waals surface area (Å²) in [4.78, 5) is 13.0. The topological polar surface area (TPSA) is 52.9 Å². The Morgan fingerprint density at radius 1 is 1.26 bits per heavy atom. The normalized spacial score (nSPS) is 11.5. The quantitative estimate of drug-likeness (QED) is 0.908. The Hall–Kier alpha value is -2.12. The zero-order valence-corrected chi connectivity index (χ0v) is 11.2. The summed E-state index contributed by atoms with van der Waals surface area (Å²) in [7, 11) is 0. The molecule has 1 heterocycles. The molecule has 2 aromatic rings. The predicted octanol–water partition coefficient (Wildman–Crippen LogP) is 2.75. The Bertz CT molecular complexity index is 558. The van der Waals surface area contributed by atoms with Crippen molar-refractivity contribution >= 4 is 17.2 Å². The number of amides is 1. The Kier molecular flexibility index (Phi) is 4.71. The molecule has 1 aromatic carbocycles. The summed E-state index contributed by atoms with van der Waals surface area (Å²) in [5, 5.41) is 13.8. The Morgan fingerprint density at radius 3 is 2.68 bits per heavy atom. The van der Waals surface area contributed by atoms with Gasteiger partial charge >= 0.3 is 0 Å². The molecule has 0 saturated carbocycles. The third-order valence-corrected chi connectivity index (χ3v) is 3.67. The molecule has 19 heavy (non-hydrogen) atoms. The van der Waals surface area contributed by atoms with Crippen molar-refractivity contribution in [1.82, 2.24) is 5.32 Å². The number of carbonyl (C=O) groups is 1. The first-order valence-corrected chi connectivity index (χ1v) is 6.91. The van der Waals surface area contributed by atoms with Gasteiger partial charge in [0, 0.05) is 17.8 Å². The van der Waals surface area contributed by atoms with Gasteiger partial charge in [-0.2, -0.15) is 5.26 Å². The minimum Gasteiger partial charge on any atom is -0.351 e. The second-order valence-corrected chi connectivity index (χ2v) is 5.20. The van der Waals surface area contributed by atoms with Crippen LogP contribution in [0.3, 0.4) is 0 Å². The molecule has 1 atom stereocenters. The van der Waals surface area contributed by atoms with Crippen LogP contribution in [0, 0.1) is 17.2 Å². The van der Waals surface area contributed by atoms with E-state index in [1.807, 2.05) is 47.8 Å². The molecule has 0 aliphatic carbocycles. The molecule has 1 amide bonds. The SMILES string of the molecule is N#CC(Cc1cccs1)C(=O)NCc1ccccc1. The highest BCUT2D eigenvalue weighted by molar-refractivity contribution is 7.09. The maximum atomic E-state index is 11.9. The zero-order chi connectivity index (χ0) is 13.5. The van der Waals surface area contributed by atoms with Crippen LogP contribution in [0.15, 0.2) is 47.8 Å². The molecule has 4 heteroatoms. The van der Waals surface area contributed by atoms with Gasteiger partial charge in [0.05, 0.1) is 6.07 Å². The Labute approximate surface area is 116 Å². The van der Waals surface area contributed by atoms with Crippen molar-refractivity contribution < 1.29 is 4.79 Å². The number of hydrogen-bond donors (Lipinski definition) is 1. The van der Waals surface area contributed by atoms with Crippen molar-refractivity contribution in [3.8, 4) is 6.07 Å². The van der Waals surface area contributed by atoms with E-state index in [1.165, 1.54) is 0 Å². The fourth-order valence-corrected chi connectivity index (χ4v) is 2.49. The van der Waals surface area contributed by atoms with Crippen LogP contribution in [-0.4, -0.2) is 5.91 Å². The number of carbonyl (C=O) groups excluding carboxylic acids is 1. The minimum absolute atomic E-state index is 0.209. The molecule has 0 saturated heterocycles. The smallest absolute Gasteiger partial charge is 0.237 e. The maximum Gasteiger partial charge on any atom is 0.237 e. The van der Waals surface area contributed by atoms with E-state index in [0.717, 1.165) is 10.4 Å². The van der Waals surface area contributed by atoms with Gasteiger partial charge in [-0.3, -0.25) is 4.79 Å². The first-order chi connectivity index (χ1) is 9.29. The third kappa shape index (κ3) is 3.94. The van der Waals surface area contributed by atoms with Crippen LogP contribution in [-0.2, 0) is 17.8 Å². The zero-order valence-electron chi connectivity index (χ0n) is 10.4. The molecule has 0 aliphatic heterocycles. The molecule has 2 rings (SSSR count). The first-order valence-electron chi connectivity index (χ1n) is 6.03. The summed E-state index contributed by atoms with van der Waals surface area (Å²) in [6.45, 7) is 0.461. The van der Waals surface area contributed by atoms with Crippen LogP contribution in [0.25, 0.3) is 0 Å². The van der Waals surface area contributed by atoms with Gasteiger partial charge < -0.3 is 5.32 Å². The predicted molar refractivity (Wildman–Crippen MR) is 75.4 cm³/mol. The molecule has 3 nitrogen and oxygen atoms in total. The summed E-state index contributed by atoms with van der Waals surface area (Å²) in [5.74, 6) is -0.831. The van der Waals surface area contributed by atoms with Crippen molar-refractivity contribution in [1.29, 1.82) is 5.26 Å². The van der Waals surface area contributed by atoms with Gasteiger partial charge in [0.15, 0.2) is 0 Å². The van der Waals surface area contributed by atoms with Crippen LogP contribution in [0.1, 0.15) is 10.4 Å². The molecule has 0 aliphatic rings. The highest BCUT2D eigenvalue weighted by Gasteiger charge is 2.18. The van der Waals surface area contributed by atoms with E-state index in [1.54, 1.807) is 11.3 Å². The van der Waals surface area contributed by atoms with Crippen molar-refractivity contribution in [2.24, 2.45) is 5.92 Å². The number of benzene rings is 1. The summed E-state index contributed by atoms with van der Waals surface area (Å²) in [6.07, 6.45) is 0.481. The lowest BCUT2D eigenvalue weighted by Gasteiger charge is -2.09. The van der Waals surface area contributed by atoms with Gasteiger partial charge in [-0.25, -0.2) is 0 Å². The standard InChI is InChI=1S/C15H14N2OS/c16-10-13(9-14-7-4-8-19-14)15(18)17-11-12-5-2-1-3-6-12/h1-8,13H,9,11H2,(H,17,18). The second-order valence-electron chi connectivity index (χ2n) is 4.17. The number of nitrogens with one attached hydrogen (secondary N) is 1. The number of thiophene rings is 1. The van der Waals surface area contributed by atoms with Gasteiger partial charge in [-0.15, -0.1) is 11.3 Å². The maximum absolute atomic E-state index is 11.9. The Balaban J connectivity index is 1.89. The molecule has 96 valence electrons. The van der Waals surface area contributed by atoms with E-state index in [9.17, 15) is 4.79 Å². The molecule has 0 fully saturated rings. The van der Waals surface area contributed by atoms with E-state index in [0.29, 0.717) is 13.0 Å². The van der Waals surface area contributed by atoms with Crippen LogP contribution < -0.4 is 5.32 Å². The van der Waals surface area contributed by atoms with Crippen molar-refractivity contribution in [3.05, 3.63) is 58.3 Å². The van der Waals surface area contributed by atoms with Crippen LogP contribution in [0.4, 0.5) is 0 Å². The van der Waals surface area contributed by atoms with Gasteiger partial charge in [0.1, 0.15) is 5.92 Å². The highest BCUT2D eigenvalue weighted by Crippen LogP contribution is 2.14. The number of nitrogens with zero attached hydrogens (tertiary/aromatic N) is 1. The van der Waals surface area contributed by atoms with Crippen molar-refractivity contribution in [2.45, 2.75) is 13.0 Å². The summed E-state index contributed by atoms with van der Waals surface area (Å²) >= 11 is 1.57. The van der Waals surface area contributed by atoms with Gasteiger partial charge in [-0.05, 0) is 17.0 Å². The first kappa shape index (κ1) is 13.3. The molecular weight excluding hydrogens is 256 g/mol. The molecule has 1 N–H and O–H groups in total. The summed E-state index contributed by atoms with van der Waals surface area (Å²) in [6, 6.07) is 15.6. The molecular formula is C15H14N2OS. The fourth-order valence-electron chi connectivity index (χ4n) is 1.74. The molecule has 1 unspecified atom stereocenters. The monoisotopic (exact) mass is 270 g/mol. The van der Waals surface area contributed by atoms with Crippen LogP contribution in [0.5, 0.6) is 0 Å². The third-order valence-electron chi connectivity index (χ3n) is 2.77. The van der Waals surface area contributed by atoms with E-state index >= 15 is 0 Å². The molecule has 0 bridgehead atoms. The van der Waals surface area contributed by atoms with E-state index in [2.05, 4.69) is 11.4 Å². The van der Waals surface area contributed by atoms with E-state index in [4.69, 9.17) is 5.26 Å².